The number of rotatable bonds is 3. The lowest BCUT2D eigenvalue weighted by molar-refractivity contribution is 0.102. The first-order valence-electron chi connectivity index (χ1n) is 8.73. The molecule has 3 N–H and O–H groups in total. The molecule has 5 aromatic rings. The Hall–Kier alpha value is -4.13. The summed E-state index contributed by atoms with van der Waals surface area (Å²) in [6.45, 7) is 0. The molecule has 136 valence electrons. The van der Waals surface area contributed by atoms with Gasteiger partial charge in [0.2, 0.25) is 0 Å². The second-order valence-corrected chi connectivity index (χ2v) is 6.44. The van der Waals surface area contributed by atoms with Gasteiger partial charge in [0, 0.05) is 16.9 Å². The molecule has 28 heavy (non-hydrogen) atoms. The number of amides is 1. The van der Waals surface area contributed by atoms with Crippen LogP contribution in [0.25, 0.3) is 27.8 Å². The molecule has 7 heteroatoms. The number of fused-ring (bicyclic) bond motifs is 2. The largest absolute Gasteiger partial charge is 0.323 e. The van der Waals surface area contributed by atoms with E-state index in [2.05, 4.69) is 20.3 Å². The fourth-order valence-electron chi connectivity index (χ4n) is 3.25. The molecule has 0 atom stereocenters. The minimum atomic E-state index is -0.277. The van der Waals surface area contributed by atoms with Gasteiger partial charge in [-0.25, -0.2) is 9.78 Å². The van der Waals surface area contributed by atoms with Gasteiger partial charge in [0.05, 0.1) is 22.1 Å². The molecule has 0 saturated heterocycles. The van der Waals surface area contributed by atoms with Crippen LogP contribution in [0.5, 0.6) is 0 Å². The van der Waals surface area contributed by atoms with E-state index in [9.17, 15) is 9.59 Å². The van der Waals surface area contributed by atoms with Crippen LogP contribution in [0.1, 0.15) is 10.4 Å². The minimum Gasteiger partial charge on any atom is -0.322 e. The van der Waals surface area contributed by atoms with Gasteiger partial charge in [-0.2, -0.15) is 0 Å². The van der Waals surface area contributed by atoms with Crippen molar-refractivity contribution in [3.63, 3.8) is 0 Å². The zero-order valence-electron chi connectivity index (χ0n) is 14.6. The third-order valence-electron chi connectivity index (χ3n) is 4.64. The third kappa shape index (κ3) is 2.75. The number of benzene rings is 3. The van der Waals surface area contributed by atoms with E-state index >= 15 is 0 Å². The Morgan fingerprint density at radius 3 is 2.57 bits per heavy atom. The van der Waals surface area contributed by atoms with Crippen molar-refractivity contribution in [3.05, 3.63) is 89.1 Å². The highest BCUT2D eigenvalue weighted by Crippen LogP contribution is 2.19. The molecule has 0 radical (unpaired) electrons. The van der Waals surface area contributed by atoms with E-state index in [1.165, 1.54) is 0 Å². The number of nitrogens with zero attached hydrogens (tertiary/aromatic N) is 2. The Morgan fingerprint density at radius 2 is 1.71 bits per heavy atom. The summed E-state index contributed by atoms with van der Waals surface area (Å²) in [5, 5.41) is 2.85. The van der Waals surface area contributed by atoms with Crippen LogP contribution in [0.3, 0.4) is 0 Å². The normalized spacial score (nSPS) is 11.1. The zero-order chi connectivity index (χ0) is 19.1. The number of imidazole rings is 2. The van der Waals surface area contributed by atoms with Gasteiger partial charge in [-0.3, -0.25) is 9.36 Å². The summed E-state index contributed by atoms with van der Waals surface area (Å²) in [5.74, 6) is -0.223. The van der Waals surface area contributed by atoms with Crippen LogP contribution in [-0.4, -0.2) is 25.4 Å². The van der Waals surface area contributed by atoms with Crippen LogP contribution in [0.15, 0.2) is 77.9 Å². The van der Waals surface area contributed by atoms with Gasteiger partial charge in [-0.1, -0.05) is 12.1 Å². The van der Waals surface area contributed by atoms with Gasteiger partial charge in [-0.15, -0.1) is 0 Å². The predicted octanol–water partition coefficient (Wildman–Crippen LogP) is 3.45. The number of H-pyrrole nitrogens is 2. The molecule has 7 nitrogen and oxygen atoms in total. The quantitative estimate of drug-likeness (QED) is 0.454. The van der Waals surface area contributed by atoms with Crippen LogP contribution in [0, 0.1) is 0 Å². The van der Waals surface area contributed by atoms with E-state index in [4.69, 9.17) is 0 Å². The number of para-hydroxylation sites is 2. The molecule has 3 aromatic carbocycles. The summed E-state index contributed by atoms with van der Waals surface area (Å²) in [4.78, 5) is 33.6. The molecule has 0 bridgehead atoms. The van der Waals surface area contributed by atoms with Crippen molar-refractivity contribution in [1.82, 2.24) is 19.5 Å². The van der Waals surface area contributed by atoms with Gasteiger partial charge in [0.25, 0.3) is 5.91 Å². The van der Waals surface area contributed by atoms with Crippen molar-refractivity contribution < 1.29 is 4.79 Å². The summed E-state index contributed by atoms with van der Waals surface area (Å²) < 4.78 is 1.98. The van der Waals surface area contributed by atoms with Crippen LogP contribution in [0.4, 0.5) is 5.69 Å². The standard InChI is InChI=1S/C21H15N5O2/c27-20(23-14-7-10-16-18(11-14)25-21(28)24-16)13-5-8-15(9-6-13)26-12-22-17-3-1-2-4-19(17)26/h1-12H,(H,23,27)(H2,24,25,28). The Bertz CT molecular complexity index is 1380. The third-order valence-corrected chi connectivity index (χ3v) is 4.64. The average Bonchev–Trinajstić information content (AvgIpc) is 3.30. The van der Waals surface area contributed by atoms with Gasteiger partial charge >= 0.3 is 5.69 Å². The second-order valence-electron chi connectivity index (χ2n) is 6.44. The highest BCUT2D eigenvalue weighted by atomic mass is 16.2. The maximum Gasteiger partial charge on any atom is 0.323 e. The van der Waals surface area contributed by atoms with Crippen molar-refractivity contribution >= 4 is 33.7 Å². The van der Waals surface area contributed by atoms with Crippen LogP contribution >= 0.6 is 0 Å². The summed E-state index contributed by atoms with van der Waals surface area (Å²) >= 11 is 0. The van der Waals surface area contributed by atoms with E-state index in [-0.39, 0.29) is 11.6 Å². The Morgan fingerprint density at radius 1 is 0.929 bits per heavy atom. The van der Waals surface area contributed by atoms with Crippen LogP contribution in [-0.2, 0) is 0 Å². The lowest BCUT2D eigenvalue weighted by Gasteiger charge is -2.08. The summed E-state index contributed by atoms with van der Waals surface area (Å²) in [7, 11) is 0. The monoisotopic (exact) mass is 369 g/mol. The molecule has 0 fully saturated rings. The van der Waals surface area contributed by atoms with E-state index < -0.39 is 0 Å². The average molecular weight is 369 g/mol. The molecular formula is C21H15N5O2. The lowest BCUT2D eigenvalue weighted by Crippen LogP contribution is -2.11. The van der Waals surface area contributed by atoms with Crippen LogP contribution in [0.2, 0.25) is 0 Å². The summed E-state index contributed by atoms with van der Waals surface area (Å²) in [5.41, 5.74) is 5.06. The predicted molar refractivity (Wildman–Crippen MR) is 108 cm³/mol. The highest BCUT2D eigenvalue weighted by molar-refractivity contribution is 6.05. The second kappa shape index (κ2) is 6.24. The number of aromatic nitrogens is 4. The van der Waals surface area contributed by atoms with E-state index in [1.807, 2.05) is 41.0 Å². The topological polar surface area (TPSA) is 95.6 Å². The SMILES string of the molecule is O=C(Nc1ccc2[nH]c(=O)[nH]c2c1)c1ccc(-n2cnc3ccccc32)cc1. The Kier molecular flexibility index (Phi) is 3.58. The van der Waals surface area contributed by atoms with E-state index in [1.54, 1.807) is 36.7 Å². The maximum atomic E-state index is 12.6. The maximum absolute atomic E-state index is 12.6. The van der Waals surface area contributed by atoms with Gasteiger partial charge < -0.3 is 15.3 Å². The Balaban J connectivity index is 1.40. The molecule has 2 aromatic heterocycles. The van der Waals surface area contributed by atoms with Crippen molar-refractivity contribution in [1.29, 1.82) is 0 Å². The molecule has 0 aliphatic carbocycles. The number of anilines is 1. The van der Waals surface area contributed by atoms with Crippen molar-refractivity contribution in [2.24, 2.45) is 0 Å². The number of hydrogen-bond acceptors (Lipinski definition) is 3. The summed E-state index contributed by atoms with van der Waals surface area (Å²) in [6, 6.07) is 20.4. The molecule has 0 aliphatic heterocycles. The van der Waals surface area contributed by atoms with Gasteiger partial charge in [0.1, 0.15) is 6.33 Å². The molecule has 2 heterocycles. The highest BCUT2D eigenvalue weighted by Gasteiger charge is 2.09. The smallest absolute Gasteiger partial charge is 0.322 e. The van der Waals surface area contributed by atoms with E-state index in [0.29, 0.717) is 22.3 Å². The molecular weight excluding hydrogens is 354 g/mol. The number of carbonyl (C=O) groups excluding carboxylic acids is 1. The first-order chi connectivity index (χ1) is 13.7. The zero-order valence-corrected chi connectivity index (χ0v) is 14.6. The fourth-order valence-corrected chi connectivity index (χ4v) is 3.25. The number of carbonyl (C=O) groups is 1. The van der Waals surface area contributed by atoms with Gasteiger partial charge in [-0.05, 0) is 54.6 Å². The molecule has 0 aliphatic rings. The first kappa shape index (κ1) is 16.1. The molecule has 0 saturated carbocycles. The van der Waals surface area contributed by atoms with E-state index in [0.717, 1.165) is 16.7 Å². The molecule has 0 unspecified atom stereocenters. The fraction of sp³-hybridized carbons (Fsp3) is 0. The van der Waals surface area contributed by atoms with Gasteiger partial charge in [0.15, 0.2) is 0 Å². The van der Waals surface area contributed by atoms with Crippen LogP contribution < -0.4 is 11.0 Å². The van der Waals surface area contributed by atoms with Crippen molar-refractivity contribution in [2.75, 3.05) is 5.32 Å². The number of nitrogens with one attached hydrogen (secondary N) is 3. The molecule has 5 rings (SSSR count). The van der Waals surface area contributed by atoms with Crippen molar-refractivity contribution in [3.8, 4) is 5.69 Å². The molecule has 0 spiro atoms. The minimum absolute atomic E-state index is 0.223. The van der Waals surface area contributed by atoms with Crippen molar-refractivity contribution in [2.45, 2.75) is 0 Å². The summed E-state index contributed by atoms with van der Waals surface area (Å²) in [6.07, 6.45) is 1.77. The number of aromatic amines is 2. The number of hydrogen-bond donors (Lipinski definition) is 3. The first-order valence-corrected chi connectivity index (χ1v) is 8.73. The Labute approximate surface area is 158 Å². The lowest BCUT2D eigenvalue weighted by atomic mass is 10.1. The molecule has 1 amide bonds.